The number of unbranched alkanes of at least 4 members (excludes halogenated alkanes) is 2. The molecule has 0 saturated carbocycles. The molecule has 0 spiro atoms. The van der Waals surface area contributed by atoms with Crippen LogP contribution in [0.2, 0.25) is 0 Å². The van der Waals surface area contributed by atoms with E-state index in [1.165, 1.54) is 6.42 Å². The van der Waals surface area contributed by atoms with Crippen molar-refractivity contribution in [1.29, 1.82) is 0 Å². The first-order chi connectivity index (χ1) is 14.2. The Morgan fingerprint density at radius 1 is 1.14 bits per heavy atom. The standard InChI is InChI=1S/C23H35N3O3/c1-2-3-5-10-22(27)25-18-11-12-21(26-13-6-4-7-14-26)20(16-18)23(28)24-17-19-9-8-15-29-19/h11-12,16,19H,2-10,13-15,17H2,1H3,(H,24,28)(H,25,27)/t19-/m0/s1. The molecule has 6 nitrogen and oxygen atoms in total. The van der Waals surface area contributed by atoms with E-state index in [0.717, 1.165) is 70.3 Å². The van der Waals surface area contributed by atoms with Gasteiger partial charge in [0.1, 0.15) is 0 Å². The van der Waals surface area contributed by atoms with Gasteiger partial charge in [-0.2, -0.15) is 0 Å². The lowest BCUT2D eigenvalue weighted by Gasteiger charge is -2.30. The third-order valence-electron chi connectivity index (χ3n) is 5.74. The van der Waals surface area contributed by atoms with Crippen LogP contribution in [0.3, 0.4) is 0 Å². The number of hydrogen-bond acceptors (Lipinski definition) is 4. The minimum Gasteiger partial charge on any atom is -0.376 e. The van der Waals surface area contributed by atoms with Crippen molar-refractivity contribution in [2.24, 2.45) is 0 Å². The van der Waals surface area contributed by atoms with Crippen molar-refractivity contribution in [1.82, 2.24) is 5.32 Å². The van der Waals surface area contributed by atoms with E-state index in [0.29, 0.717) is 24.2 Å². The van der Waals surface area contributed by atoms with Crippen LogP contribution in [0.5, 0.6) is 0 Å². The quantitative estimate of drug-likeness (QED) is 0.611. The molecule has 1 aromatic rings. The number of nitrogens with one attached hydrogen (secondary N) is 2. The lowest BCUT2D eigenvalue weighted by Crippen LogP contribution is -2.35. The van der Waals surface area contributed by atoms with Crippen molar-refractivity contribution in [2.75, 3.05) is 36.5 Å². The van der Waals surface area contributed by atoms with Crippen molar-refractivity contribution >= 4 is 23.2 Å². The number of amides is 2. The monoisotopic (exact) mass is 401 g/mol. The first-order valence-corrected chi connectivity index (χ1v) is 11.3. The fourth-order valence-corrected chi connectivity index (χ4v) is 4.07. The van der Waals surface area contributed by atoms with Crippen LogP contribution in [0.1, 0.15) is 75.1 Å². The molecule has 0 bridgehead atoms. The lowest BCUT2D eigenvalue weighted by molar-refractivity contribution is -0.116. The van der Waals surface area contributed by atoms with Crippen molar-refractivity contribution in [2.45, 2.75) is 70.8 Å². The van der Waals surface area contributed by atoms with E-state index in [4.69, 9.17) is 4.74 Å². The molecule has 2 amide bonds. The summed E-state index contributed by atoms with van der Waals surface area (Å²) in [6.45, 7) is 5.37. The highest BCUT2D eigenvalue weighted by molar-refractivity contribution is 6.02. The minimum absolute atomic E-state index is 0.00915. The number of hydrogen-bond donors (Lipinski definition) is 2. The van der Waals surface area contributed by atoms with Gasteiger partial charge in [0.15, 0.2) is 0 Å². The number of anilines is 2. The van der Waals surface area contributed by atoms with Crippen LogP contribution in [-0.2, 0) is 9.53 Å². The van der Waals surface area contributed by atoms with E-state index in [2.05, 4.69) is 22.5 Å². The zero-order chi connectivity index (χ0) is 20.5. The van der Waals surface area contributed by atoms with E-state index in [1.54, 1.807) is 0 Å². The minimum atomic E-state index is -0.0943. The summed E-state index contributed by atoms with van der Waals surface area (Å²) in [7, 11) is 0. The molecule has 0 aliphatic carbocycles. The molecule has 2 saturated heterocycles. The third-order valence-corrected chi connectivity index (χ3v) is 5.74. The number of carbonyl (C=O) groups excluding carboxylic acids is 2. The number of nitrogens with zero attached hydrogens (tertiary/aromatic N) is 1. The molecule has 1 atom stereocenters. The van der Waals surface area contributed by atoms with Gasteiger partial charge in [-0.15, -0.1) is 0 Å². The highest BCUT2D eigenvalue weighted by atomic mass is 16.5. The van der Waals surface area contributed by atoms with Gasteiger partial charge < -0.3 is 20.3 Å². The first kappa shape index (κ1) is 21.6. The number of benzene rings is 1. The molecular weight excluding hydrogens is 366 g/mol. The molecular formula is C23H35N3O3. The molecule has 2 aliphatic rings. The zero-order valence-electron chi connectivity index (χ0n) is 17.7. The summed E-state index contributed by atoms with van der Waals surface area (Å²) < 4.78 is 5.63. The molecule has 29 heavy (non-hydrogen) atoms. The molecule has 2 fully saturated rings. The Labute approximate surface area is 174 Å². The Morgan fingerprint density at radius 3 is 2.69 bits per heavy atom. The van der Waals surface area contributed by atoms with E-state index in [9.17, 15) is 9.59 Å². The fraction of sp³-hybridized carbons (Fsp3) is 0.652. The molecule has 2 heterocycles. The summed E-state index contributed by atoms with van der Waals surface area (Å²) in [5.74, 6) is -0.0851. The summed E-state index contributed by atoms with van der Waals surface area (Å²) in [6, 6.07) is 5.72. The average Bonchev–Trinajstić information content (AvgIpc) is 3.26. The van der Waals surface area contributed by atoms with Gasteiger partial charge in [-0.1, -0.05) is 19.8 Å². The van der Waals surface area contributed by atoms with E-state index >= 15 is 0 Å². The second kappa shape index (κ2) is 11.2. The largest absolute Gasteiger partial charge is 0.376 e. The first-order valence-electron chi connectivity index (χ1n) is 11.3. The van der Waals surface area contributed by atoms with Gasteiger partial charge in [0.05, 0.1) is 11.7 Å². The molecule has 0 radical (unpaired) electrons. The second-order valence-corrected chi connectivity index (χ2v) is 8.13. The molecule has 2 N–H and O–H groups in total. The molecule has 0 unspecified atom stereocenters. The van der Waals surface area contributed by atoms with Crippen LogP contribution >= 0.6 is 0 Å². The number of ether oxygens (including phenoxy) is 1. The Hall–Kier alpha value is -2.08. The highest BCUT2D eigenvalue weighted by Gasteiger charge is 2.21. The predicted octanol–water partition coefficient (Wildman–Crippen LogP) is 4.10. The molecule has 1 aromatic carbocycles. The van der Waals surface area contributed by atoms with Gasteiger partial charge in [0.2, 0.25) is 5.91 Å². The third kappa shape index (κ3) is 6.46. The summed E-state index contributed by atoms with van der Waals surface area (Å²) in [5, 5.41) is 6.00. The number of rotatable bonds is 9. The number of piperidine rings is 1. The topological polar surface area (TPSA) is 70.7 Å². The van der Waals surface area contributed by atoms with Crippen LogP contribution in [0, 0.1) is 0 Å². The van der Waals surface area contributed by atoms with Crippen LogP contribution in [0.4, 0.5) is 11.4 Å². The SMILES string of the molecule is CCCCCC(=O)Nc1ccc(N2CCCCC2)c(C(=O)NC[C@@H]2CCCO2)c1. The summed E-state index contributed by atoms with van der Waals surface area (Å²) in [5.41, 5.74) is 2.28. The number of carbonyl (C=O) groups is 2. The van der Waals surface area contributed by atoms with Crippen molar-refractivity contribution in [3.8, 4) is 0 Å². The van der Waals surface area contributed by atoms with Crippen molar-refractivity contribution < 1.29 is 14.3 Å². The molecule has 3 rings (SSSR count). The normalized spacial score (nSPS) is 19.2. The molecule has 2 aliphatic heterocycles. The van der Waals surface area contributed by atoms with Crippen molar-refractivity contribution in [3.63, 3.8) is 0 Å². The smallest absolute Gasteiger partial charge is 0.253 e. The molecule has 0 aromatic heterocycles. The van der Waals surface area contributed by atoms with Crippen LogP contribution in [0.25, 0.3) is 0 Å². The van der Waals surface area contributed by atoms with Gasteiger partial charge in [-0.3, -0.25) is 9.59 Å². The summed E-state index contributed by atoms with van der Waals surface area (Å²) in [4.78, 5) is 27.5. The van der Waals surface area contributed by atoms with Crippen LogP contribution in [0.15, 0.2) is 18.2 Å². The Bertz CT molecular complexity index is 680. The maximum atomic E-state index is 13.0. The summed E-state index contributed by atoms with van der Waals surface area (Å²) >= 11 is 0. The van der Waals surface area contributed by atoms with E-state index < -0.39 is 0 Å². The summed E-state index contributed by atoms with van der Waals surface area (Å²) in [6.07, 6.45) is 9.24. The fourth-order valence-electron chi connectivity index (χ4n) is 4.07. The van der Waals surface area contributed by atoms with Crippen LogP contribution < -0.4 is 15.5 Å². The van der Waals surface area contributed by atoms with Gasteiger partial charge in [0, 0.05) is 44.0 Å². The average molecular weight is 402 g/mol. The van der Waals surface area contributed by atoms with Gasteiger partial charge >= 0.3 is 0 Å². The van der Waals surface area contributed by atoms with E-state index in [1.807, 2.05) is 18.2 Å². The Balaban J connectivity index is 1.71. The van der Waals surface area contributed by atoms with Gasteiger partial charge in [0.25, 0.3) is 5.91 Å². The second-order valence-electron chi connectivity index (χ2n) is 8.13. The maximum Gasteiger partial charge on any atom is 0.253 e. The Kier molecular flexibility index (Phi) is 8.35. The lowest BCUT2D eigenvalue weighted by atomic mass is 10.1. The van der Waals surface area contributed by atoms with Crippen molar-refractivity contribution in [3.05, 3.63) is 23.8 Å². The van der Waals surface area contributed by atoms with Gasteiger partial charge in [-0.05, 0) is 56.7 Å². The van der Waals surface area contributed by atoms with Gasteiger partial charge in [-0.25, -0.2) is 0 Å². The maximum absolute atomic E-state index is 13.0. The zero-order valence-corrected chi connectivity index (χ0v) is 17.7. The Morgan fingerprint density at radius 2 is 1.97 bits per heavy atom. The van der Waals surface area contributed by atoms with E-state index in [-0.39, 0.29) is 17.9 Å². The predicted molar refractivity (Wildman–Crippen MR) is 117 cm³/mol. The molecule has 6 heteroatoms. The highest BCUT2D eigenvalue weighted by Crippen LogP contribution is 2.27. The van der Waals surface area contributed by atoms with Crippen LogP contribution in [-0.4, -0.2) is 44.2 Å². The molecule has 160 valence electrons.